The van der Waals surface area contributed by atoms with E-state index in [1.165, 1.54) is 0 Å². The van der Waals surface area contributed by atoms with E-state index in [0.717, 1.165) is 5.00 Å². The molecule has 0 aromatic carbocycles. The fourth-order valence-corrected chi connectivity index (χ4v) is 2.29. The molecule has 1 saturated heterocycles. The highest BCUT2D eigenvalue weighted by Gasteiger charge is 2.46. The maximum atomic E-state index is 12.1. The number of hydrogen-bond donors (Lipinski definition) is 1. The van der Waals surface area contributed by atoms with E-state index in [2.05, 4.69) is 0 Å². The van der Waals surface area contributed by atoms with E-state index < -0.39 is 5.41 Å². The van der Waals surface area contributed by atoms with E-state index in [1.807, 2.05) is 17.5 Å². The zero-order chi connectivity index (χ0) is 10.9. The summed E-state index contributed by atoms with van der Waals surface area (Å²) in [6.07, 6.45) is 0. The monoisotopic (exact) mass is 226 g/mol. The first-order chi connectivity index (χ1) is 7.19. The van der Waals surface area contributed by atoms with Gasteiger partial charge in [0.25, 0.3) is 0 Å². The third-order valence-corrected chi connectivity index (χ3v) is 3.69. The summed E-state index contributed by atoms with van der Waals surface area (Å²) >= 11 is 1.54. The lowest BCUT2D eigenvalue weighted by Gasteiger charge is -2.40. The van der Waals surface area contributed by atoms with Crippen LogP contribution in [0.25, 0.3) is 0 Å². The van der Waals surface area contributed by atoms with Crippen molar-refractivity contribution in [3.8, 4) is 0 Å². The highest BCUT2D eigenvalue weighted by Crippen LogP contribution is 2.31. The molecule has 4 nitrogen and oxygen atoms in total. The summed E-state index contributed by atoms with van der Waals surface area (Å²) in [6.45, 7) is 1.23. The lowest BCUT2D eigenvalue weighted by molar-refractivity contribution is -0.156. The molecular weight excluding hydrogens is 212 g/mol. The van der Waals surface area contributed by atoms with Crippen LogP contribution in [0.15, 0.2) is 17.5 Å². The summed E-state index contributed by atoms with van der Waals surface area (Å²) in [5, 5.41) is 2.89. The minimum atomic E-state index is -0.487. The van der Waals surface area contributed by atoms with Crippen molar-refractivity contribution >= 4 is 22.2 Å². The molecule has 0 spiro atoms. The summed E-state index contributed by atoms with van der Waals surface area (Å²) < 4.78 is 5.09. The molecule has 0 bridgehead atoms. The van der Waals surface area contributed by atoms with Gasteiger partial charge in [-0.2, -0.15) is 0 Å². The normalized spacial score (nSPS) is 18.3. The topological polar surface area (TPSA) is 55.6 Å². The van der Waals surface area contributed by atoms with Crippen molar-refractivity contribution in [2.24, 2.45) is 11.1 Å². The van der Waals surface area contributed by atoms with Gasteiger partial charge in [0, 0.05) is 13.6 Å². The molecule has 1 aliphatic heterocycles. The van der Waals surface area contributed by atoms with Crippen LogP contribution in [0.3, 0.4) is 0 Å². The van der Waals surface area contributed by atoms with Crippen LogP contribution in [0.4, 0.5) is 5.00 Å². The van der Waals surface area contributed by atoms with Gasteiger partial charge >= 0.3 is 0 Å². The van der Waals surface area contributed by atoms with Crippen molar-refractivity contribution in [3.63, 3.8) is 0 Å². The molecule has 0 radical (unpaired) electrons. The second-order valence-electron chi connectivity index (χ2n) is 3.79. The van der Waals surface area contributed by atoms with Crippen LogP contribution in [0.2, 0.25) is 0 Å². The summed E-state index contributed by atoms with van der Waals surface area (Å²) in [6, 6.07) is 3.85. The molecule has 2 rings (SSSR count). The molecule has 1 fully saturated rings. The maximum Gasteiger partial charge on any atom is 0.239 e. The Labute approximate surface area is 92.6 Å². The first-order valence-corrected chi connectivity index (χ1v) is 5.67. The van der Waals surface area contributed by atoms with Crippen LogP contribution < -0.4 is 10.6 Å². The number of hydrogen-bond acceptors (Lipinski definition) is 4. The quantitative estimate of drug-likeness (QED) is 0.825. The van der Waals surface area contributed by atoms with Crippen LogP contribution in [-0.4, -0.2) is 32.7 Å². The Kier molecular flexibility index (Phi) is 2.77. The van der Waals surface area contributed by atoms with E-state index in [1.54, 1.807) is 23.3 Å². The van der Waals surface area contributed by atoms with Crippen molar-refractivity contribution in [1.82, 2.24) is 0 Å². The highest BCUT2D eigenvalue weighted by atomic mass is 32.1. The van der Waals surface area contributed by atoms with Crippen molar-refractivity contribution in [1.29, 1.82) is 0 Å². The Morgan fingerprint density at radius 3 is 2.87 bits per heavy atom. The summed E-state index contributed by atoms with van der Waals surface area (Å²) in [5.41, 5.74) is 5.15. The first kappa shape index (κ1) is 10.6. The summed E-state index contributed by atoms with van der Waals surface area (Å²) in [5.74, 6) is 0.0544. The van der Waals surface area contributed by atoms with Crippen LogP contribution in [0.5, 0.6) is 0 Å². The van der Waals surface area contributed by atoms with Crippen LogP contribution in [-0.2, 0) is 9.53 Å². The molecule has 15 heavy (non-hydrogen) atoms. The third kappa shape index (κ3) is 1.67. The van der Waals surface area contributed by atoms with E-state index in [4.69, 9.17) is 10.5 Å². The van der Waals surface area contributed by atoms with Crippen LogP contribution >= 0.6 is 11.3 Å². The van der Waals surface area contributed by atoms with E-state index in [0.29, 0.717) is 19.8 Å². The Hall–Kier alpha value is -0.910. The molecule has 1 amide bonds. The Bertz CT molecular complexity index is 341. The molecule has 0 saturated carbocycles. The van der Waals surface area contributed by atoms with Crippen molar-refractivity contribution < 1.29 is 9.53 Å². The predicted molar refractivity (Wildman–Crippen MR) is 60.0 cm³/mol. The molecule has 2 heterocycles. The lowest BCUT2D eigenvalue weighted by atomic mass is 9.84. The summed E-state index contributed by atoms with van der Waals surface area (Å²) in [4.78, 5) is 13.8. The number of carbonyl (C=O) groups is 1. The molecule has 0 unspecified atom stereocenters. The van der Waals surface area contributed by atoms with Gasteiger partial charge in [0.2, 0.25) is 5.91 Å². The Morgan fingerprint density at radius 2 is 2.47 bits per heavy atom. The second-order valence-corrected chi connectivity index (χ2v) is 4.72. The van der Waals surface area contributed by atoms with Gasteiger partial charge in [0.15, 0.2) is 0 Å². The highest BCUT2D eigenvalue weighted by molar-refractivity contribution is 7.14. The number of nitrogens with two attached hydrogens (primary N) is 1. The molecular formula is C10H14N2O2S. The smallest absolute Gasteiger partial charge is 0.239 e. The van der Waals surface area contributed by atoms with Gasteiger partial charge in [-0.15, -0.1) is 11.3 Å². The van der Waals surface area contributed by atoms with Crippen LogP contribution in [0, 0.1) is 5.41 Å². The standard InChI is InChI=1S/C10H14N2O2S/c1-12(8-3-2-4-15-8)9(13)10(5-11)6-14-7-10/h2-4H,5-7,11H2,1H3. The van der Waals surface area contributed by atoms with Gasteiger partial charge in [-0.3, -0.25) is 4.79 Å². The van der Waals surface area contributed by atoms with Gasteiger partial charge in [0.1, 0.15) is 5.41 Å². The van der Waals surface area contributed by atoms with E-state index >= 15 is 0 Å². The minimum Gasteiger partial charge on any atom is -0.379 e. The average Bonchev–Trinajstić information content (AvgIpc) is 2.68. The van der Waals surface area contributed by atoms with Crippen molar-refractivity contribution in [2.75, 3.05) is 31.7 Å². The SMILES string of the molecule is CN(C(=O)C1(CN)COC1)c1cccs1. The molecule has 2 N–H and O–H groups in total. The number of rotatable bonds is 3. The number of amides is 1. The Morgan fingerprint density at radius 1 is 1.73 bits per heavy atom. The first-order valence-electron chi connectivity index (χ1n) is 4.79. The second kappa shape index (κ2) is 3.92. The lowest BCUT2D eigenvalue weighted by Crippen LogP contribution is -2.58. The van der Waals surface area contributed by atoms with Gasteiger partial charge in [-0.05, 0) is 17.5 Å². The van der Waals surface area contributed by atoms with Gasteiger partial charge < -0.3 is 15.4 Å². The fourth-order valence-electron chi connectivity index (χ4n) is 1.59. The van der Waals surface area contributed by atoms with E-state index in [9.17, 15) is 4.79 Å². The van der Waals surface area contributed by atoms with Gasteiger partial charge in [-0.1, -0.05) is 0 Å². The predicted octanol–water partition coefficient (Wildman–Crippen LogP) is 0.686. The number of anilines is 1. The number of carbonyl (C=O) groups excluding carboxylic acids is 1. The number of ether oxygens (including phenoxy) is 1. The number of thiophene rings is 1. The maximum absolute atomic E-state index is 12.1. The molecule has 82 valence electrons. The average molecular weight is 226 g/mol. The largest absolute Gasteiger partial charge is 0.379 e. The van der Waals surface area contributed by atoms with Crippen molar-refractivity contribution in [3.05, 3.63) is 17.5 Å². The Balaban J connectivity index is 2.14. The van der Waals surface area contributed by atoms with Crippen molar-refractivity contribution in [2.45, 2.75) is 0 Å². The molecule has 5 heteroatoms. The zero-order valence-corrected chi connectivity index (χ0v) is 9.42. The van der Waals surface area contributed by atoms with Gasteiger partial charge in [-0.25, -0.2) is 0 Å². The fraction of sp³-hybridized carbons (Fsp3) is 0.500. The number of nitrogens with zero attached hydrogens (tertiary/aromatic N) is 1. The molecule has 0 atom stereocenters. The van der Waals surface area contributed by atoms with Gasteiger partial charge in [0.05, 0.1) is 18.2 Å². The molecule has 1 aliphatic rings. The third-order valence-electron chi connectivity index (χ3n) is 2.74. The molecule has 1 aromatic rings. The van der Waals surface area contributed by atoms with Crippen LogP contribution in [0.1, 0.15) is 0 Å². The minimum absolute atomic E-state index is 0.0544. The zero-order valence-electron chi connectivity index (χ0n) is 8.60. The molecule has 0 aliphatic carbocycles. The van der Waals surface area contributed by atoms with E-state index in [-0.39, 0.29) is 5.91 Å². The summed E-state index contributed by atoms with van der Waals surface area (Å²) in [7, 11) is 1.78. The molecule has 1 aromatic heterocycles.